The smallest absolute Gasteiger partial charge is 0.264 e. The van der Waals surface area contributed by atoms with E-state index in [4.69, 9.17) is 0 Å². The lowest BCUT2D eigenvalue weighted by atomic mass is 9.81. The van der Waals surface area contributed by atoms with E-state index in [1.807, 2.05) is 13.8 Å². The van der Waals surface area contributed by atoms with Crippen LogP contribution >= 0.6 is 0 Å². The Hall–Kier alpha value is -0.990. The summed E-state index contributed by atoms with van der Waals surface area (Å²) in [6.45, 7) is 4.00. The highest BCUT2D eigenvalue weighted by molar-refractivity contribution is 6.68. The Balaban J connectivity index is 0.000000461. The van der Waals surface area contributed by atoms with Crippen LogP contribution in [0, 0.1) is 11.8 Å². The van der Waals surface area contributed by atoms with E-state index in [1.165, 1.54) is 0 Å². The van der Waals surface area contributed by atoms with Gasteiger partial charge in [-0.15, -0.1) is 0 Å². The molecule has 2 aliphatic carbocycles. The van der Waals surface area contributed by atoms with Gasteiger partial charge in [0.2, 0.25) is 11.6 Å². The van der Waals surface area contributed by atoms with E-state index in [1.54, 1.807) is 0 Å². The predicted octanol–water partition coefficient (Wildman–Crippen LogP) is 1.54. The predicted molar refractivity (Wildman–Crippen MR) is 51.8 cm³/mol. The van der Waals surface area contributed by atoms with Crippen molar-refractivity contribution in [2.75, 3.05) is 0 Å². The molecule has 0 radical (unpaired) electrons. The quantitative estimate of drug-likeness (QED) is 0.552. The summed E-state index contributed by atoms with van der Waals surface area (Å²) >= 11 is 0. The molecule has 0 aliphatic heterocycles. The van der Waals surface area contributed by atoms with Gasteiger partial charge in [0, 0.05) is 11.8 Å². The Morgan fingerprint density at radius 1 is 0.857 bits per heavy atom. The zero-order valence-corrected chi connectivity index (χ0v) is 8.71. The van der Waals surface area contributed by atoms with Crippen molar-refractivity contribution >= 4 is 17.3 Å². The zero-order valence-electron chi connectivity index (χ0n) is 8.71. The van der Waals surface area contributed by atoms with Gasteiger partial charge in [0.25, 0.3) is 5.78 Å². The van der Waals surface area contributed by atoms with Crippen LogP contribution in [-0.4, -0.2) is 17.3 Å². The summed E-state index contributed by atoms with van der Waals surface area (Å²) in [7, 11) is 0. The Morgan fingerprint density at radius 3 is 1.57 bits per heavy atom. The number of hydrogen-bond acceptors (Lipinski definition) is 3. The number of Topliss-reactive ketones (excluding diaryl/α,β-unsaturated/α-hetero) is 3. The summed E-state index contributed by atoms with van der Waals surface area (Å²) in [6, 6.07) is 0. The molecule has 14 heavy (non-hydrogen) atoms. The van der Waals surface area contributed by atoms with E-state index in [-0.39, 0.29) is 11.8 Å². The molecule has 0 amide bonds. The largest absolute Gasteiger partial charge is 0.290 e. The summed E-state index contributed by atoms with van der Waals surface area (Å²) in [4.78, 5) is 33.3. The normalized spacial score (nSPS) is 30.9. The number of carbonyl (C=O) groups is 3. The minimum atomic E-state index is -0.744. The van der Waals surface area contributed by atoms with Crippen molar-refractivity contribution < 1.29 is 14.4 Å². The lowest BCUT2D eigenvalue weighted by Crippen LogP contribution is -2.21. The van der Waals surface area contributed by atoms with Crippen LogP contribution in [0.15, 0.2) is 0 Å². The lowest BCUT2D eigenvalue weighted by Gasteiger charge is -2.20. The van der Waals surface area contributed by atoms with Crippen LogP contribution in [0.5, 0.6) is 0 Å². The number of rotatable bonds is 0. The third-order valence-electron chi connectivity index (χ3n) is 2.89. The van der Waals surface area contributed by atoms with Crippen LogP contribution < -0.4 is 0 Å². The highest BCUT2D eigenvalue weighted by Crippen LogP contribution is 2.36. The highest BCUT2D eigenvalue weighted by Gasteiger charge is 2.48. The van der Waals surface area contributed by atoms with E-state index in [0.717, 1.165) is 25.7 Å². The molecule has 0 aromatic heterocycles. The minimum Gasteiger partial charge on any atom is -0.290 e. The fourth-order valence-corrected chi connectivity index (χ4v) is 2.22. The molecule has 78 valence electrons. The summed E-state index contributed by atoms with van der Waals surface area (Å²) in [5.74, 6) is -2.10. The molecule has 0 heterocycles. The van der Waals surface area contributed by atoms with Crippen molar-refractivity contribution in [1.82, 2.24) is 0 Å². The van der Waals surface area contributed by atoms with Crippen molar-refractivity contribution in [2.45, 2.75) is 39.5 Å². The van der Waals surface area contributed by atoms with Crippen LogP contribution in [0.4, 0.5) is 0 Å². The Bertz CT molecular complexity index is 242. The van der Waals surface area contributed by atoms with Gasteiger partial charge in [-0.05, 0) is 12.8 Å². The minimum absolute atomic E-state index is 0.251. The summed E-state index contributed by atoms with van der Waals surface area (Å²) in [5, 5.41) is 0. The Kier molecular flexibility index (Phi) is 3.55. The van der Waals surface area contributed by atoms with Crippen LogP contribution in [0.25, 0.3) is 0 Å². The lowest BCUT2D eigenvalue weighted by molar-refractivity contribution is -0.141. The Labute approximate surface area is 83.9 Å². The molecule has 0 aromatic carbocycles. The molecular formula is C11H16O3. The van der Waals surface area contributed by atoms with Gasteiger partial charge in [0.05, 0.1) is 0 Å². The van der Waals surface area contributed by atoms with Gasteiger partial charge in [-0.1, -0.05) is 26.7 Å². The van der Waals surface area contributed by atoms with Crippen molar-refractivity contribution in [1.29, 1.82) is 0 Å². The third kappa shape index (κ3) is 1.63. The molecule has 3 nitrogen and oxygen atoms in total. The van der Waals surface area contributed by atoms with E-state index in [0.29, 0.717) is 0 Å². The number of hydrogen-bond donors (Lipinski definition) is 0. The molecule has 0 spiro atoms. The molecular weight excluding hydrogens is 180 g/mol. The first-order valence-electron chi connectivity index (χ1n) is 5.34. The summed E-state index contributed by atoms with van der Waals surface area (Å²) in [5.41, 5.74) is 0. The molecule has 0 bridgehead atoms. The zero-order chi connectivity index (χ0) is 10.7. The SMILES string of the molecule is CC.O=C1C(=O)C2CCCCC2C1=O. The highest BCUT2D eigenvalue weighted by atomic mass is 16.2. The molecule has 2 aliphatic rings. The second-order valence-corrected chi connectivity index (χ2v) is 3.56. The van der Waals surface area contributed by atoms with Gasteiger partial charge in [-0.25, -0.2) is 0 Å². The molecule has 0 N–H and O–H groups in total. The molecule has 2 atom stereocenters. The maximum absolute atomic E-state index is 11.2. The topological polar surface area (TPSA) is 51.2 Å². The van der Waals surface area contributed by atoms with Gasteiger partial charge >= 0.3 is 0 Å². The second-order valence-electron chi connectivity index (χ2n) is 3.56. The van der Waals surface area contributed by atoms with Crippen molar-refractivity contribution in [2.24, 2.45) is 11.8 Å². The number of fused-ring (bicyclic) bond motifs is 1. The van der Waals surface area contributed by atoms with Crippen LogP contribution in [0.2, 0.25) is 0 Å². The first-order valence-corrected chi connectivity index (χ1v) is 5.34. The van der Waals surface area contributed by atoms with E-state index in [2.05, 4.69) is 0 Å². The van der Waals surface area contributed by atoms with Crippen LogP contribution in [-0.2, 0) is 14.4 Å². The van der Waals surface area contributed by atoms with E-state index < -0.39 is 17.3 Å². The molecule has 0 saturated heterocycles. The van der Waals surface area contributed by atoms with E-state index >= 15 is 0 Å². The van der Waals surface area contributed by atoms with Gasteiger partial charge in [-0.2, -0.15) is 0 Å². The maximum Gasteiger partial charge on any atom is 0.264 e. The van der Waals surface area contributed by atoms with Gasteiger partial charge in [-0.3, -0.25) is 14.4 Å². The van der Waals surface area contributed by atoms with Gasteiger partial charge in [0.15, 0.2) is 0 Å². The fraction of sp³-hybridized carbons (Fsp3) is 0.727. The Morgan fingerprint density at radius 2 is 1.21 bits per heavy atom. The monoisotopic (exact) mass is 196 g/mol. The summed E-state index contributed by atoms with van der Waals surface area (Å²) in [6.07, 6.45) is 3.43. The molecule has 2 saturated carbocycles. The van der Waals surface area contributed by atoms with Gasteiger partial charge in [0.1, 0.15) is 0 Å². The van der Waals surface area contributed by atoms with Crippen molar-refractivity contribution in [3.8, 4) is 0 Å². The first-order chi connectivity index (χ1) is 6.72. The standard InChI is InChI=1S/C9H10O3.C2H6/c10-7-5-3-1-2-4-6(5)8(11)9(7)12;1-2/h5-6H,1-4H2;1-2H3. The molecule has 2 unspecified atom stereocenters. The molecule has 3 heteroatoms. The fourth-order valence-electron chi connectivity index (χ4n) is 2.22. The third-order valence-corrected chi connectivity index (χ3v) is 2.89. The number of ketones is 3. The maximum atomic E-state index is 11.2. The molecule has 2 fully saturated rings. The molecule has 2 rings (SSSR count). The number of carbonyl (C=O) groups excluding carboxylic acids is 3. The summed E-state index contributed by atoms with van der Waals surface area (Å²) < 4.78 is 0. The van der Waals surface area contributed by atoms with E-state index in [9.17, 15) is 14.4 Å². The van der Waals surface area contributed by atoms with Crippen molar-refractivity contribution in [3.05, 3.63) is 0 Å². The average molecular weight is 196 g/mol. The van der Waals surface area contributed by atoms with Gasteiger partial charge < -0.3 is 0 Å². The van der Waals surface area contributed by atoms with Crippen LogP contribution in [0.1, 0.15) is 39.5 Å². The van der Waals surface area contributed by atoms with Crippen molar-refractivity contribution in [3.63, 3.8) is 0 Å². The first kappa shape index (κ1) is 11.1. The average Bonchev–Trinajstić information content (AvgIpc) is 2.48. The second kappa shape index (κ2) is 4.49. The molecule has 0 aromatic rings. The van der Waals surface area contributed by atoms with Crippen LogP contribution in [0.3, 0.4) is 0 Å².